The van der Waals surface area contributed by atoms with Gasteiger partial charge in [0.25, 0.3) is 0 Å². The Labute approximate surface area is 122 Å². The minimum Gasteiger partial charge on any atom is -0.481 e. The molecule has 114 valence electrons. The van der Waals surface area contributed by atoms with Crippen LogP contribution in [0.1, 0.15) is 25.3 Å². The van der Waals surface area contributed by atoms with Crippen LogP contribution < -0.4 is 5.32 Å². The number of hydrogen-bond donors (Lipinski definition) is 2. The Morgan fingerprint density at radius 3 is 2.48 bits per heavy atom. The number of nitrogens with one attached hydrogen (secondary N) is 1. The zero-order valence-corrected chi connectivity index (χ0v) is 12.1. The van der Waals surface area contributed by atoms with E-state index in [1.54, 1.807) is 30.9 Å². The summed E-state index contributed by atoms with van der Waals surface area (Å²) in [4.78, 5) is 24.8. The van der Waals surface area contributed by atoms with Gasteiger partial charge in [0.15, 0.2) is 0 Å². The van der Waals surface area contributed by atoms with Gasteiger partial charge in [0, 0.05) is 18.8 Å². The first-order valence-corrected chi connectivity index (χ1v) is 6.87. The molecule has 0 atom stereocenters. The predicted octanol–water partition coefficient (Wildman–Crippen LogP) is 2.85. The molecule has 1 aliphatic heterocycles. The molecule has 1 aromatic rings. The molecule has 0 bridgehead atoms. The molecule has 0 aliphatic carbocycles. The number of benzene rings is 1. The Bertz CT molecular complexity index is 566. The highest BCUT2D eigenvalue weighted by Gasteiger charge is 2.38. The van der Waals surface area contributed by atoms with E-state index in [4.69, 9.17) is 5.11 Å². The molecule has 2 rings (SSSR count). The molecular formula is C15H19FN2O3. The second-order valence-corrected chi connectivity index (χ2v) is 5.75. The van der Waals surface area contributed by atoms with Gasteiger partial charge in [0.1, 0.15) is 5.82 Å². The van der Waals surface area contributed by atoms with E-state index in [2.05, 4.69) is 5.32 Å². The lowest BCUT2D eigenvalue weighted by Crippen LogP contribution is -2.46. The third-order valence-corrected chi connectivity index (χ3v) is 4.09. The lowest BCUT2D eigenvalue weighted by atomic mass is 9.80. The zero-order valence-electron chi connectivity index (χ0n) is 12.1. The van der Waals surface area contributed by atoms with E-state index in [0.717, 1.165) is 0 Å². The van der Waals surface area contributed by atoms with Crippen molar-refractivity contribution in [2.24, 2.45) is 5.41 Å². The number of anilines is 1. The van der Waals surface area contributed by atoms with E-state index in [9.17, 15) is 14.0 Å². The number of carboxylic acid groups (broad SMARTS) is 1. The lowest BCUT2D eigenvalue weighted by Gasteiger charge is -2.36. The van der Waals surface area contributed by atoms with Crippen molar-refractivity contribution in [2.75, 3.05) is 18.4 Å². The van der Waals surface area contributed by atoms with Crippen LogP contribution in [0.15, 0.2) is 18.2 Å². The highest BCUT2D eigenvalue weighted by atomic mass is 19.1. The minimum atomic E-state index is -0.830. The van der Waals surface area contributed by atoms with Crippen LogP contribution >= 0.6 is 0 Å². The third-order valence-electron chi connectivity index (χ3n) is 4.09. The summed E-state index contributed by atoms with van der Waals surface area (Å²) in [5, 5.41) is 11.8. The van der Waals surface area contributed by atoms with Gasteiger partial charge in [-0.15, -0.1) is 0 Å². The molecular weight excluding hydrogens is 275 g/mol. The van der Waals surface area contributed by atoms with Crippen molar-refractivity contribution >= 4 is 17.7 Å². The predicted molar refractivity (Wildman–Crippen MR) is 76.7 cm³/mol. The average Bonchev–Trinajstić information content (AvgIpc) is 2.43. The van der Waals surface area contributed by atoms with Gasteiger partial charge in [-0.1, -0.05) is 6.07 Å². The fraction of sp³-hybridized carbons (Fsp3) is 0.467. The second kappa shape index (κ2) is 5.71. The van der Waals surface area contributed by atoms with Crippen LogP contribution in [0.3, 0.4) is 0 Å². The molecule has 5 nitrogen and oxygen atoms in total. The average molecular weight is 294 g/mol. The van der Waals surface area contributed by atoms with Crippen molar-refractivity contribution in [3.8, 4) is 0 Å². The standard InChI is InChI=1S/C15H19FN2O3/c1-10-3-4-11(9-12(10)16)17-14(21)18-7-5-15(2,6-8-18)13(19)20/h3-4,9H,5-8H2,1-2H3,(H,17,21)(H,19,20). The van der Waals surface area contributed by atoms with Crippen molar-refractivity contribution in [3.63, 3.8) is 0 Å². The van der Waals surface area contributed by atoms with Gasteiger partial charge in [0.05, 0.1) is 5.41 Å². The fourth-order valence-electron chi connectivity index (χ4n) is 2.29. The van der Waals surface area contributed by atoms with Crippen molar-refractivity contribution in [1.29, 1.82) is 0 Å². The molecule has 1 aromatic carbocycles. The number of urea groups is 1. The first kappa shape index (κ1) is 15.3. The summed E-state index contributed by atoms with van der Waals surface area (Å²) in [6, 6.07) is 4.19. The number of carbonyl (C=O) groups excluding carboxylic acids is 1. The number of aryl methyl sites for hydroxylation is 1. The van der Waals surface area contributed by atoms with Crippen LogP contribution in [0.4, 0.5) is 14.9 Å². The monoisotopic (exact) mass is 294 g/mol. The lowest BCUT2D eigenvalue weighted by molar-refractivity contribution is -0.150. The number of rotatable bonds is 2. The van der Waals surface area contributed by atoms with E-state index in [1.807, 2.05) is 0 Å². The molecule has 0 unspecified atom stereocenters. The molecule has 1 heterocycles. The van der Waals surface area contributed by atoms with Crippen LogP contribution in [0.2, 0.25) is 0 Å². The van der Waals surface area contributed by atoms with Crippen molar-refractivity contribution < 1.29 is 19.1 Å². The number of carboxylic acids is 1. The van der Waals surface area contributed by atoms with Gasteiger partial charge in [-0.05, 0) is 44.4 Å². The first-order valence-electron chi connectivity index (χ1n) is 6.87. The van der Waals surface area contributed by atoms with E-state index in [1.165, 1.54) is 6.07 Å². The molecule has 0 radical (unpaired) electrons. The third kappa shape index (κ3) is 3.32. The fourth-order valence-corrected chi connectivity index (χ4v) is 2.29. The molecule has 2 N–H and O–H groups in total. The molecule has 1 fully saturated rings. The maximum atomic E-state index is 13.4. The molecule has 0 spiro atoms. The number of likely N-dealkylation sites (tertiary alicyclic amines) is 1. The summed E-state index contributed by atoms with van der Waals surface area (Å²) in [5.74, 6) is -1.20. The summed E-state index contributed by atoms with van der Waals surface area (Å²) in [7, 11) is 0. The minimum absolute atomic E-state index is 0.328. The summed E-state index contributed by atoms with van der Waals surface area (Å²) in [5.41, 5.74) is 0.144. The Morgan fingerprint density at radius 1 is 1.33 bits per heavy atom. The molecule has 6 heteroatoms. The van der Waals surface area contributed by atoms with Gasteiger partial charge in [-0.25, -0.2) is 9.18 Å². The molecule has 0 aromatic heterocycles. The largest absolute Gasteiger partial charge is 0.481 e. The van der Waals surface area contributed by atoms with Gasteiger partial charge in [-0.2, -0.15) is 0 Å². The summed E-state index contributed by atoms with van der Waals surface area (Å²) in [6.07, 6.45) is 0.829. The Hall–Kier alpha value is -2.11. The van der Waals surface area contributed by atoms with Crippen LogP contribution in [0.5, 0.6) is 0 Å². The first-order chi connectivity index (χ1) is 9.82. The zero-order chi connectivity index (χ0) is 15.6. The van der Waals surface area contributed by atoms with E-state index in [0.29, 0.717) is 37.2 Å². The quantitative estimate of drug-likeness (QED) is 0.881. The molecule has 2 amide bonds. The number of aliphatic carboxylic acids is 1. The number of amides is 2. The van der Waals surface area contributed by atoms with Gasteiger partial charge in [0.2, 0.25) is 0 Å². The smallest absolute Gasteiger partial charge is 0.321 e. The highest BCUT2D eigenvalue weighted by molar-refractivity contribution is 5.89. The Balaban J connectivity index is 1.96. The van der Waals surface area contributed by atoms with E-state index < -0.39 is 11.4 Å². The maximum Gasteiger partial charge on any atom is 0.321 e. The van der Waals surface area contributed by atoms with Gasteiger partial charge in [-0.3, -0.25) is 4.79 Å². The molecule has 21 heavy (non-hydrogen) atoms. The van der Waals surface area contributed by atoms with Crippen molar-refractivity contribution in [3.05, 3.63) is 29.6 Å². The summed E-state index contributed by atoms with van der Waals surface area (Å²) < 4.78 is 13.4. The van der Waals surface area contributed by atoms with Crippen LogP contribution in [-0.2, 0) is 4.79 Å². The number of halogens is 1. The topological polar surface area (TPSA) is 69.6 Å². The number of carbonyl (C=O) groups is 2. The number of nitrogens with zero attached hydrogens (tertiary/aromatic N) is 1. The number of piperidine rings is 1. The Kier molecular flexibility index (Phi) is 4.16. The summed E-state index contributed by atoms with van der Waals surface area (Å²) >= 11 is 0. The van der Waals surface area contributed by atoms with E-state index >= 15 is 0 Å². The van der Waals surface area contributed by atoms with Crippen molar-refractivity contribution in [2.45, 2.75) is 26.7 Å². The highest BCUT2D eigenvalue weighted by Crippen LogP contribution is 2.31. The van der Waals surface area contributed by atoms with Gasteiger partial charge >= 0.3 is 12.0 Å². The van der Waals surface area contributed by atoms with Crippen LogP contribution in [0, 0.1) is 18.2 Å². The Morgan fingerprint density at radius 2 is 1.95 bits per heavy atom. The van der Waals surface area contributed by atoms with E-state index in [-0.39, 0.29) is 11.8 Å². The van der Waals surface area contributed by atoms with Crippen molar-refractivity contribution in [1.82, 2.24) is 4.90 Å². The van der Waals surface area contributed by atoms with Gasteiger partial charge < -0.3 is 15.3 Å². The summed E-state index contributed by atoms with van der Waals surface area (Å²) in [6.45, 7) is 4.10. The normalized spacial score (nSPS) is 17.4. The van der Waals surface area contributed by atoms with Crippen LogP contribution in [0.25, 0.3) is 0 Å². The SMILES string of the molecule is Cc1ccc(NC(=O)N2CCC(C)(C(=O)O)CC2)cc1F. The second-order valence-electron chi connectivity index (χ2n) is 5.75. The molecule has 0 saturated carbocycles. The van der Waals surface area contributed by atoms with Crippen LogP contribution in [-0.4, -0.2) is 35.1 Å². The molecule has 1 aliphatic rings. The molecule has 1 saturated heterocycles. The number of hydrogen-bond acceptors (Lipinski definition) is 2. The maximum absolute atomic E-state index is 13.4.